The highest BCUT2D eigenvalue weighted by Gasteiger charge is 2.06. The molecule has 0 aliphatic rings. The van der Waals surface area contributed by atoms with Gasteiger partial charge in [-0.3, -0.25) is 9.78 Å². The maximum Gasteiger partial charge on any atom is 0.176 e. The van der Waals surface area contributed by atoms with E-state index in [4.69, 9.17) is 11.6 Å². The molecule has 2 rings (SSSR count). The summed E-state index contributed by atoms with van der Waals surface area (Å²) in [7, 11) is 0. The Morgan fingerprint density at radius 3 is 2.89 bits per heavy atom. The maximum atomic E-state index is 12.0. The molecule has 98 valence electrons. The van der Waals surface area contributed by atoms with E-state index in [2.05, 4.69) is 10.3 Å². The van der Waals surface area contributed by atoms with Gasteiger partial charge in [0.1, 0.15) is 0 Å². The number of Topliss-reactive ketones (excluding diaryl/α,β-unsaturated/α-hetero) is 1. The van der Waals surface area contributed by atoms with Gasteiger partial charge in [0, 0.05) is 29.5 Å². The molecule has 1 aromatic heterocycles. The molecule has 0 atom stereocenters. The minimum Gasteiger partial charge on any atom is -0.306 e. The summed E-state index contributed by atoms with van der Waals surface area (Å²) in [6.45, 7) is 2.82. The molecule has 2 aromatic rings. The van der Waals surface area contributed by atoms with Crippen LogP contribution in [0.25, 0.3) is 0 Å². The molecule has 0 bridgehead atoms. The zero-order valence-corrected chi connectivity index (χ0v) is 11.4. The lowest BCUT2D eigenvalue weighted by Gasteiger charge is -2.05. The third-order valence-electron chi connectivity index (χ3n) is 2.82. The van der Waals surface area contributed by atoms with Crippen LogP contribution in [0.15, 0.2) is 42.7 Å². The van der Waals surface area contributed by atoms with Crippen LogP contribution in [-0.2, 0) is 6.54 Å². The summed E-state index contributed by atoms with van der Waals surface area (Å²) in [5.74, 6) is 0.0589. The zero-order chi connectivity index (χ0) is 13.7. The highest BCUT2D eigenvalue weighted by Crippen LogP contribution is 2.16. The van der Waals surface area contributed by atoms with Crippen molar-refractivity contribution in [3.8, 4) is 0 Å². The number of halogens is 1. The van der Waals surface area contributed by atoms with Gasteiger partial charge in [-0.1, -0.05) is 17.7 Å². The molecule has 3 nitrogen and oxygen atoms in total. The molecule has 0 aliphatic heterocycles. The number of hydrogen-bond donors (Lipinski definition) is 1. The van der Waals surface area contributed by atoms with Crippen LogP contribution < -0.4 is 5.32 Å². The number of pyridine rings is 1. The van der Waals surface area contributed by atoms with Crippen molar-refractivity contribution < 1.29 is 4.79 Å². The molecule has 1 heterocycles. The van der Waals surface area contributed by atoms with Crippen LogP contribution in [0.4, 0.5) is 0 Å². The Hall–Kier alpha value is -1.71. The number of ketones is 1. The lowest BCUT2D eigenvalue weighted by molar-refractivity contribution is 0.0990. The van der Waals surface area contributed by atoms with Crippen molar-refractivity contribution in [2.24, 2.45) is 0 Å². The second-order valence-corrected chi connectivity index (χ2v) is 4.76. The van der Waals surface area contributed by atoms with Crippen LogP contribution in [0.2, 0.25) is 5.02 Å². The first kappa shape index (κ1) is 13.7. The number of nitrogens with one attached hydrogen (secondary N) is 1. The number of carbonyl (C=O) groups excluding carboxylic acids is 1. The van der Waals surface area contributed by atoms with Crippen molar-refractivity contribution in [1.29, 1.82) is 0 Å². The fourth-order valence-electron chi connectivity index (χ4n) is 1.74. The lowest BCUT2D eigenvalue weighted by atomic mass is 10.1. The molecule has 0 saturated carbocycles. The first-order chi connectivity index (χ1) is 9.16. The molecule has 19 heavy (non-hydrogen) atoms. The second kappa shape index (κ2) is 6.45. The Morgan fingerprint density at radius 2 is 2.21 bits per heavy atom. The second-order valence-electron chi connectivity index (χ2n) is 4.35. The SMILES string of the molecule is Cc1cc(C(=O)CNCc2cccnc2)ccc1Cl. The summed E-state index contributed by atoms with van der Waals surface area (Å²) in [4.78, 5) is 16.0. The summed E-state index contributed by atoms with van der Waals surface area (Å²) >= 11 is 5.94. The van der Waals surface area contributed by atoms with Crippen LogP contribution in [0.3, 0.4) is 0 Å². The van der Waals surface area contributed by atoms with E-state index in [1.54, 1.807) is 24.5 Å². The van der Waals surface area contributed by atoms with Gasteiger partial charge in [-0.05, 0) is 42.3 Å². The van der Waals surface area contributed by atoms with E-state index < -0.39 is 0 Å². The average molecular weight is 275 g/mol. The number of hydrogen-bond acceptors (Lipinski definition) is 3. The monoisotopic (exact) mass is 274 g/mol. The van der Waals surface area contributed by atoms with E-state index in [1.165, 1.54) is 0 Å². The van der Waals surface area contributed by atoms with Gasteiger partial charge in [-0.25, -0.2) is 0 Å². The largest absolute Gasteiger partial charge is 0.306 e. The molecule has 0 amide bonds. The molecule has 1 aromatic carbocycles. The maximum absolute atomic E-state index is 12.0. The fourth-order valence-corrected chi connectivity index (χ4v) is 1.86. The van der Waals surface area contributed by atoms with E-state index in [0.717, 1.165) is 11.1 Å². The number of aromatic nitrogens is 1. The number of rotatable bonds is 5. The fraction of sp³-hybridized carbons (Fsp3) is 0.200. The van der Waals surface area contributed by atoms with Crippen molar-refractivity contribution in [3.63, 3.8) is 0 Å². The smallest absolute Gasteiger partial charge is 0.176 e. The third-order valence-corrected chi connectivity index (χ3v) is 3.24. The van der Waals surface area contributed by atoms with Gasteiger partial charge in [0.05, 0.1) is 6.54 Å². The van der Waals surface area contributed by atoms with Gasteiger partial charge in [0.25, 0.3) is 0 Å². The van der Waals surface area contributed by atoms with Crippen molar-refractivity contribution in [1.82, 2.24) is 10.3 Å². The summed E-state index contributed by atoms with van der Waals surface area (Å²) in [5.41, 5.74) is 2.66. The van der Waals surface area contributed by atoms with Gasteiger partial charge in [-0.2, -0.15) is 0 Å². The first-order valence-corrected chi connectivity index (χ1v) is 6.43. The van der Waals surface area contributed by atoms with Gasteiger partial charge < -0.3 is 5.32 Å². The molecule has 0 spiro atoms. The van der Waals surface area contributed by atoms with Gasteiger partial charge in [-0.15, -0.1) is 0 Å². The number of nitrogens with zero attached hydrogens (tertiary/aromatic N) is 1. The summed E-state index contributed by atoms with van der Waals surface area (Å²) in [5, 5.41) is 3.79. The minimum absolute atomic E-state index is 0.0589. The van der Waals surface area contributed by atoms with Crippen LogP contribution in [-0.4, -0.2) is 17.3 Å². The van der Waals surface area contributed by atoms with Gasteiger partial charge >= 0.3 is 0 Å². The number of carbonyl (C=O) groups is 1. The van der Waals surface area contributed by atoms with Crippen molar-refractivity contribution in [2.45, 2.75) is 13.5 Å². The van der Waals surface area contributed by atoms with Crippen LogP contribution in [0, 0.1) is 6.92 Å². The highest BCUT2D eigenvalue weighted by molar-refractivity contribution is 6.31. The predicted octanol–water partition coefficient (Wildman–Crippen LogP) is 3.02. The van der Waals surface area contributed by atoms with E-state index >= 15 is 0 Å². The molecule has 1 N–H and O–H groups in total. The van der Waals surface area contributed by atoms with E-state index in [0.29, 0.717) is 23.7 Å². The summed E-state index contributed by atoms with van der Waals surface area (Å²) in [6, 6.07) is 9.17. The number of benzene rings is 1. The standard InChI is InChI=1S/C15H15ClN2O/c1-11-7-13(4-5-14(11)16)15(19)10-18-9-12-3-2-6-17-8-12/h2-8,18H,9-10H2,1H3. The van der Waals surface area contributed by atoms with Crippen molar-refractivity contribution in [3.05, 3.63) is 64.4 Å². The molecular formula is C15H15ClN2O. The molecule has 0 fully saturated rings. The topological polar surface area (TPSA) is 42.0 Å². The van der Waals surface area contributed by atoms with Gasteiger partial charge in [0.15, 0.2) is 5.78 Å². The normalized spacial score (nSPS) is 10.4. The summed E-state index contributed by atoms with van der Waals surface area (Å²) in [6.07, 6.45) is 3.51. The molecule has 0 saturated heterocycles. The predicted molar refractivity (Wildman–Crippen MR) is 76.5 cm³/mol. The molecular weight excluding hydrogens is 260 g/mol. The molecule has 4 heteroatoms. The Balaban J connectivity index is 1.89. The Labute approximate surface area is 117 Å². The Morgan fingerprint density at radius 1 is 1.37 bits per heavy atom. The van der Waals surface area contributed by atoms with E-state index in [-0.39, 0.29) is 5.78 Å². The highest BCUT2D eigenvalue weighted by atomic mass is 35.5. The minimum atomic E-state index is 0.0589. The van der Waals surface area contributed by atoms with Crippen molar-refractivity contribution in [2.75, 3.05) is 6.54 Å². The van der Waals surface area contributed by atoms with E-state index in [1.807, 2.05) is 25.1 Å². The Kier molecular flexibility index (Phi) is 4.66. The average Bonchev–Trinajstić information content (AvgIpc) is 2.43. The summed E-state index contributed by atoms with van der Waals surface area (Å²) < 4.78 is 0. The zero-order valence-electron chi connectivity index (χ0n) is 10.7. The quantitative estimate of drug-likeness (QED) is 0.852. The van der Waals surface area contributed by atoms with Crippen LogP contribution in [0.1, 0.15) is 21.5 Å². The van der Waals surface area contributed by atoms with Crippen LogP contribution in [0.5, 0.6) is 0 Å². The first-order valence-electron chi connectivity index (χ1n) is 6.06. The van der Waals surface area contributed by atoms with Crippen LogP contribution >= 0.6 is 11.6 Å². The van der Waals surface area contributed by atoms with E-state index in [9.17, 15) is 4.79 Å². The molecule has 0 radical (unpaired) electrons. The molecule has 0 unspecified atom stereocenters. The van der Waals surface area contributed by atoms with Gasteiger partial charge in [0.2, 0.25) is 0 Å². The number of aryl methyl sites for hydroxylation is 1. The van der Waals surface area contributed by atoms with Crippen molar-refractivity contribution >= 4 is 17.4 Å². The molecule has 0 aliphatic carbocycles. The lowest BCUT2D eigenvalue weighted by Crippen LogP contribution is -2.22. The third kappa shape index (κ3) is 3.88. The Bertz CT molecular complexity index is 570.